The number of rotatable bonds is 3. The van der Waals surface area contributed by atoms with Crippen LogP contribution in [0, 0.1) is 0 Å². The molecule has 3 heterocycles. The zero-order chi connectivity index (χ0) is 20.0. The van der Waals surface area contributed by atoms with Crippen LogP contribution in [0.15, 0.2) is 71.8 Å². The van der Waals surface area contributed by atoms with E-state index in [4.69, 9.17) is 16.6 Å². The van der Waals surface area contributed by atoms with Crippen LogP contribution in [0.3, 0.4) is 0 Å². The van der Waals surface area contributed by atoms with Crippen molar-refractivity contribution in [3.8, 4) is 0 Å². The lowest BCUT2D eigenvalue weighted by Crippen LogP contribution is -2.49. The standard InChI is InChI=1S/C21H19ClN4O2S/c22-16-7-9-17(10-8-16)29(27,28)25-14-12-24(13-15-25)21-20-6-3-11-26(20)19-5-2-1-4-18(19)23-21/h1-11H,12-15H2. The molecular weight excluding hydrogens is 408 g/mol. The maximum Gasteiger partial charge on any atom is 0.243 e. The monoisotopic (exact) mass is 426 g/mol. The first-order valence-electron chi connectivity index (χ1n) is 9.40. The van der Waals surface area contributed by atoms with Crippen molar-refractivity contribution in [3.63, 3.8) is 0 Å². The van der Waals surface area contributed by atoms with E-state index in [1.165, 1.54) is 4.31 Å². The first-order valence-corrected chi connectivity index (χ1v) is 11.2. The molecule has 0 spiro atoms. The molecule has 1 saturated heterocycles. The molecule has 2 aromatic heterocycles. The summed E-state index contributed by atoms with van der Waals surface area (Å²) in [6, 6.07) is 18.4. The number of hydrogen-bond donors (Lipinski definition) is 0. The lowest BCUT2D eigenvalue weighted by Gasteiger charge is -2.35. The van der Waals surface area contributed by atoms with E-state index in [-0.39, 0.29) is 4.90 Å². The highest BCUT2D eigenvalue weighted by Gasteiger charge is 2.29. The van der Waals surface area contributed by atoms with Gasteiger partial charge >= 0.3 is 0 Å². The summed E-state index contributed by atoms with van der Waals surface area (Å²) in [5.74, 6) is 0.886. The summed E-state index contributed by atoms with van der Waals surface area (Å²) in [5, 5.41) is 0.521. The number of hydrogen-bond acceptors (Lipinski definition) is 4. The number of sulfonamides is 1. The summed E-state index contributed by atoms with van der Waals surface area (Å²) in [6.45, 7) is 1.98. The Kier molecular flexibility index (Phi) is 4.46. The molecule has 4 aromatic rings. The number of anilines is 1. The first-order chi connectivity index (χ1) is 14.0. The highest BCUT2D eigenvalue weighted by Crippen LogP contribution is 2.27. The van der Waals surface area contributed by atoms with Crippen LogP contribution in [0.4, 0.5) is 5.82 Å². The molecule has 29 heavy (non-hydrogen) atoms. The van der Waals surface area contributed by atoms with E-state index in [9.17, 15) is 8.42 Å². The van der Waals surface area contributed by atoms with Crippen molar-refractivity contribution < 1.29 is 8.42 Å². The minimum absolute atomic E-state index is 0.271. The molecule has 0 bridgehead atoms. The zero-order valence-corrected chi connectivity index (χ0v) is 17.1. The summed E-state index contributed by atoms with van der Waals surface area (Å²) in [5.41, 5.74) is 3.00. The number of fused-ring (bicyclic) bond motifs is 3. The Morgan fingerprint density at radius 1 is 0.828 bits per heavy atom. The fraction of sp³-hybridized carbons (Fsp3) is 0.190. The van der Waals surface area contributed by atoms with Gasteiger partial charge < -0.3 is 9.30 Å². The molecule has 1 aliphatic rings. The number of halogens is 1. The van der Waals surface area contributed by atoms with Crippen molar-refractivity contribution in [2.24, 2.45) is 0 Å². The minimum Gasteiger partial charge on any atom is -0.352 e. The maximum atomic E-state index is 12.9. The van der Waals surface area contributed by atoms with Gasteiger partial charge in [0.15, 0.2) is 5.82 Å². The molecular formula is C21H19ClN4O2S. The number of aromatic nitrogens is 2. The molecule has 5 rings (SSSR count). The molecule has 1 fully saturated rings. The van der Waals surface area contributed by atoms with Crippen LogP contribution in [-0.4, -0.2) is 48.3 Å². The summed E-state index contributed by atoms with van der Waals surface area (Å²) < 4.78 is 29.5. The van der Waals surface area contributed by atoms with E-state index in [1.807, 2.05) is 36.5 Å². The Morgan fingerprint density at radius 3 is 2.28 bits per heavy atom. The van der Waals surface area contributed by atoms with Gasteiger partial charge in [0.2, 0.25) is 10.0 Å². The molecule has 1 aliphatic heterocycles. The normalized spacial score (nSPS) is 16.0. The van der Waals surface area contributed by atoms with E-state index >= 15 is 0 Å². The van der Waals surface area contributed by atoms with Gasteiger partial charge in [-0.1, -0.05) is 23.7 Å². The average Bonchev–Trinajstić information content (AvgIpc) is 3.24. The largest absolute Gasteiger partial charge is 0.352 e. The van der Waals surface area contributed by atoms with Crippen molar-refractivity contribution in [2.45, 2.75) is 4.90 Å². The quantitative estimate of drug-likeness (QED) is 0.501. The Morgan fingerprint density at radius 2 is 1.52 bits per heavy atom. The van der Waals surface area contributed by atoms with Crippen molar-refractivity contribution in [3.05, 3.63) is 71.9 Å². The van der Waals surface area contributed by atoms with Gasteiger partial charge in [-0.25, -0.2) is 13.4 Å². The second-order valence-electron chi connectivity index (χ2n) is 7.03. The van der Waals surface area contributed by atoms with Crippen molar-refractivity contribution in [1.29, 1.82) is 0 Å². The molecule has 0 radical (unpaired) electrons. The molecule has 148 valence electrons. The van der Waals surface area contributed by atoms with E-state index in [0.29, 0.717) is 31.2 Å². The van der Waals surface area contributed by atoms with Crippen LogP contribution >= 0.6 is 11.6 Å². The van der Waals surface area contributed by atoms with E-state index in [1.54, 1.807) is 24.3 Å². The zero-order valence-electron chi connectivity index (χ0n) is 15.6. The Bertz CT molecular complexity index is 1290. The summed E-state index contributed by atoms with van der Waals surface area (Å²) in [4.78, 5) is 7.31. The third-order valence-corrected chi connectivity index (χ3v) is 7.50. The minimum atomic E-state index is -3.53. The van der Waals surface area contributed by atoms with Gasteiger partial charge in [-0.05, 0) is 48.5 Å². The Hall–Kier alpha value is -2.61. The predicted octanol–water partition coefficient (Wildman–Crippen LogP) is 3.65. The van der Waals surface area contributed by atoms with Crippen molar-refractivity contribution in [2.75, 3.05) is 31.1 Å². The maximum absolute atomic E-state index is 12.9. The number of piperazine rings is 1. The molecule has 0 amide bonds. The van der Waals surface area contributed by atoms with E-state index in [0.717, 1.165) is 22.4 Å². The summed E-state index contributed by atoms with van der Waals surface area (Å²) >= 11 is 5.89. The van der Waals surface area contributed by atoms with Crippen molar-refractivity contribution >= 4 is 44.0 Å². The topological polar surface area (TPSA) is 57.9 Å². The van der Waals surface area contributed by atoms with Gasteiger partial charge in [0.25, 0.3) is 0 Å². The van der Waals surface area contributed by atoms with E-state index in [2.05, 4.69) is 15.4 Å². The lowest BCUT2D eigenvalue weighted by molar-refractivity contribution is 0.384. The van der Waals surface area contributed by atoms with Gasteiger partial charge in [0, 0.05) is 37.4 Å². The second kappa shape index (κ2) is 7.02. The average molecular weight is 427 g/mol. The molecule has 0 atom stereocenters. The Balaban J connectivity index is 1.43. The number of nitrogens with zero attached hydrogens (tertiary/aromatic N) is 4. The van der Waals surface area contributed by atoms with Crippen LogP contribution in [-0.2, 0) is 10.0 Å². The second-order valence-corrected chi connectivity index (χ2v) is 9.41. The van der Waals surface area contributed by atoms with Gasteiger partial charge in [-0.2, -0.15) is 4.31 Å². The predicted molar refractivity (Wildman–Crippen MR) is 115 cm³/mol. The third kappa shape index (κ3) is 3.15. The van der Waals surface area contributed by atoms with Gasteiger partial charge in [0.1, 0.15) is 0 Å². The van der Waals surface area contributed by atoms with Gasteiger partial charge in [0.05, 0.1) is 21.4 Å². The van der Waals surface area contributed by atoms with Crippen LogP contribution in [0.1, 0.15) is 0 Å². The Labute approximate surface area is 174 Å². The highest BCUT2D eigenvalue weighted by atomic mass is 35.5. The van der Waals surface area contributed by atoms with Crippen LogP contribution in [0.5, 0.6) is 0 Å². The highest BCUT2D eigenvalue weighted by molar-refractivity contribution is 7.89. The molecule has 0 unspecified atom stereocenters. The first kappa shape index (κ1) is 18.4. The SMILES string of the molecule is O=S(=O)(c1ccc(Cl)cc1)N1CCN(c2nc3ccccc3n3cccc23)CC1. The van der Waals surface area contributed by atoms with Crippen LogP contribution in [0.2, 0.25) is 5.02 Å². The fourth-order valence-electron chi connectivity index (χ4n) is 3.84. The number of benzene rings is 2. The summed E-state index contributed by atoms with van der Waals surface area (Å²) in [6.07, 6.45) is 2.03. The molecule has 0 saturated carbocycles. The van der Waals surface area contributed by atoms with Crippen LogP contribution < -0.4 is 4.90 Å². The molecule has 0 N–H and O–H groups in total. The molecule has 0 aliphatic carbocycles. The van der Waals surface area contributed by atoms with Gasteiger partial charge in [-0.3, -0.25) is 0 Å². The van der Waals surface area contributed by atoms with Crippen molar-refractivity contribution in [1.82, 2.24) is 13.7 Å². The third-order valence-electron chi connectivity index (χ3n) is 5.34. The molecule has 2 aromatic carbocycles. The summed E-state index contributed by atoms with van der Waals surface area (Å²) in [7, 11) is -3.53. The number of para-hydroxylation sites is 2. The van der Waals surface area contributed by atoms with Crippen LogP contribution in [0.25, 0.3) is 16.6 Å². The fourth-order valence-corrected chi connectivity index (χ4v) is 5.38. The van der Waals surface area contributed by atoms with E-state index < -0.39 is 10.0 Å². The smallest absolute Gasteiger partial charge is 0.243 e. The lowest BCUT2D eigenvalue weighted by atomic mass is 10.2. The molecule has 6 nitrogen and oxygen atoms in total. The molecule has 8 heteroatoms. The van der Waals surface area contributed by atoms with Gasteiger partial charge in [-0.15, -0.1) is 0 Å².